The highest BCUT2D eigenvalue weighted by Crippen LogP contribution is 2.42. The molecule has 0 unspecified atom stereocenters. The highest BCUT2D eigenvalue weighted by molar-refractivity contribution is 5.82. The average Bonchev–Trinajstić information content (AvgIpc) is 2.69. The molecule has 1 aliphatic rings. The van der Waals surface area contributed by atoms with Crippen LogP contribution in [0.4, 0.5) is 0 Å². The molecule has 0 saturated heterocycles. The van der Waals surface area contributed by atoms with Gasteiger partial charge in [0.15, 0.2) is 11.5 Å². The monoisotopic (exact) mass is 320 g/mol. The van der Waals surface area contributed by atoms with Gasteiger partial charge in [0, 0.05) is 11.5 Å². The number of hydrogen-bond acceptors (Lipinski definition) is 5. The van der Waals surface area contributed by atoms with Gasteiger partial charge in [-0.3, -0.25) is 0 Å². The molecule has 0 fully saturated rings. The Morgan fingerprint density at radius 3 is 2.52 bits per heavy atom. The van der Waals surface area contributed by atoms with Crippen LogP contribution in [0, 0.1) is 0 Å². The number of carbonyl (C=O) groups excluding carboxylic acids is 1. The molecule has 1 aromatic carbocycles. The second-order valence-corrected chi connectivity index (χ2v) is 5.91. The third-order valence-electron chi connectivity index (χ3n) is 4.57. The van der Waals surface area contributed by atoms with E-state index in [1.54, 1.807) is 20.3 Å². The minimum Gasteiger partial charge on any atom is -0.493 e. The van der Waals surface area contributed by atoms with Crippen molar-refractivity contribution >= 4 is 5.97 Å². The Morgan fingerprint density at radius 2 is 1.91 bits per heavy atom. The summed E-state index contributed by atoms with van der Waals surface area (Å²) in [5.41, 5.74) is 1.34. The molecule has 0 spiro atoms. The molecule has 0 bridgehead atoms. The first-order valence-corrected chi connectivity index (χ1v) is 7.67. The number of hydrogen-bond donors (Lipinski definition) is 1. The fraction of sp³-hybridized carbons (Fsp3) is 0.500. The molecule has 5 nitrogen and oxygen atoms in total. The zero-order valence-electron chi connectivity index (χ0n) is 14.1. The van der Waals surface area contributed by atoms with E-state index in [2.05, 4.69) is 4.74 Å². The van der Waals surface area contributed by atoms with Gasteiger partial charge in [-0.25, -0.2) is 4.79 Å². The lowest BCUT2D eigenvalue weighted by atomic mass is 9.75. The van der Waals surface area contributed by atoms with Crippen LogP contribution >= 0.6 is 0 Å². The molecule has 2 atom stereocenters. The van der Waals surface area contributed by atoms with Gasteiger partial charge in [-0.15, -0.1) is 0 Å². The lowest BCUT2D eigenvalue weighted by molar-refractivity contribution is -0.134. The number of methoxy groups -OCH3 is 3. The Kier molecular flexibility index (Phi) is 5.31. The Hall–Kier alpha value is -2.01. The van der Waals surface area contributed by atoms with Gasteiger partial charge in [0.25, 0.3) is 0 Å². The topological polar surface area (TPSA) is 65.0 Å². The molecular weight excluding hydrogens is 296 g/mol. The van der Waals surface area contributed by atoms with E-state index in [-0.39, 0.29) is 0 Å². The van der Waals surface area contributed by atoms with Gasteiger partial charge < -0.3 is 19.3 Å². The highest BCUT2D eigenvalue weighted by Gasteiger charge is 2.37. The molecule has 23 heavy (non-hydrogen) atoms. The molecule has 0 saturated carbocycles. The number of rotatable bonds is 4. The second-order valence-electron chi connectivity index (χ2n) is 5.91. The number of carbonyl (C=O) groups is 1. The van der Waals surface area contributed by atoms with E-state index in [4.69, 9.17) is 9.47 Å². The fourth-order valence-electron chi connectivity index (χ4n) is 3.10. The quantitative estimate of drug-likeness (QED) is 0.524. The maximum Gasteiger partial charge on any atom is 0.330 e. The largest absolute Gasteiger partial charge is 0.493 e. The van der Waals surface area contributed by atoms with Crippen molar-refractivity contribution in [1.29, 1.82) is 0 Å². The first-order valence-electron chi connectivity index (χ1n) is 7.67. The van der Waals surface area contributed by atoms with Crippen molar-refractivity contribution in [2.24, 2.45) is 0 Å². The van der Waals surface area contributed by atoms with Crippen LogP contribution < -0.4 is 9.47 Å². The highest BCUT2D eigenvalue weighted by atomic mass is 16.5. The van der Waals surface area contributed by atoms with Gasteiger partial charge in [0.1, 0.15) is 0 Å². The van der Waals surface area contributed by atoms with E-state index in [1.807, 2.05) is 19.1 Å². The molecule has 1 N–H and O–H groups in total. The van der Waals surface area contributed by atoms with E-state index in [0.29, 0.717) is 17.9 Å². The molecular formula is C18H24O5. The summed E-state index contributed by atoms with van der Waals surface area (Å²) in [6.45, 7) is 1.92. The van der Waals surface area contributed by atoms with Crippen molar-refractivity contribution in [2.75, 3.05) is 21.3 Å². The molecule has 0 heterocycles. The summed E-state index contributed by atoms with van der Waals surface area (Å²) in [4.78, 5) is 11.5. The van der Waals surface area contributed by atoms with Crippen molar-refractivity contribution in [3.05, 3.63) is 35.4 Å². The Labute approximate surface area is 136 Å². The van der Waals surface area contributed by atoms with Gasteiger partial charge in [0.05, 0.1) is 27.4 Å². The van der Waals surface area contributed by atoms with Gasteiger partial charge in [-0.05, 0) is 49.4 Å². The second kappa shape index (κ2) is 7.04. The zero-order chi connectivity index (χ0) is 17.0. The van der Waals surface area contributed by atoms with E-state index >= 15 is 0 Å². The molecule has 1 aromatic rings. The number of benzene rings is 1. The molecule has 0 aromatic heterocycles. The van der Waals surface area contributed by atoms with Gasteiger partial charge in [-0.2, -0.15) is 0 Å². The van der Waals surface area contributed by atoms with Crippen molar-refractivity contribution in [3.8, 4) is 11.5 Å². The van der Waals surface area contributed by atoms with E-state index in [9.17, 15) is 9.90 Å². The standard InChI is InChI=1S/C18H24O5/c1-18(9-8-17(20)23-4)13-11-15(22-3)14(21-2)10-12(13)6-5-7-16(18)19/h8-11,16,19H,5-7H2,1-4H3/b9-8+/t16-,18-/m0/s1. The summed E-state index contributed by atoms with van der Waals surface area (Å²) in [6, 6.07) is 3.85. The summed E-state index contributed by atoms with van der Waals surface area (Å²) in [6.07, 6.45) is 4.86. The summed E-state index contributed by atoms with van der Waals surface area (Å²) in [7, 11) is 4.52. The lowest BCUT2D eigenvalue weighted by Crippen LogP contribution is -2.34. The first kappa shape index (κ1) is 17.3. The smallest absolute Gasteiger partial charge is 0.330 e. The molecule has 0 amide bonds. The molecule has 0 radical (unpaired) electrons. The van der Waals surface area contributed by atoms with E-state index < -0.39 is 17.5 Å². The van der Waals surface area contributed by atoms with Crippen molar-refractivity contribution in [2.45, 2.75) is 37.7 Å². The average molecular weight is 320 g/mol. The fourth-order valence-corrected chi connectivity index (χ4v) is 3.10. The summed E-state index contributed by atoms with van der Waals surface area (Å²) in [5.74, 6) is 0.838. The Balaban J connectivity index is 2.59. The number of esters is 1. The van der Waals surface area contributed by atoms with Gasteiger partial charge in [0.2, 0.25) is 0 Å². The molecule has 126 valence electrons. The molecule has 5 heteroatoms. The molecule has 0 aliphatic heterocycles. The minimum atomic E-state index is -0.695. The van der Waals surface area contributed by atoms with Crippen LogP contribution in [0.25, 0.3) is 0 Å². The normalized spacial score (nSPS) is 24.0. The van der Waals surface area contributed by atoms with E-state index in [1.165, 1.54) is 13.2 Å². The van der Waals surface area contributed by atoms with Crippen LogP contribution in [-0.2, 0) is 21.4 Å². The third kappa shape index (κ3) is 3.34. The summed E-state index contributed by atoms with van der Waals surface area (Å²) >= 11 is 0. The summed E-state index contributed by atoms with van der Waals surface area (Å²) in [5, 5.41) is 10.7. The molecule has 2 rings (SSSR count). The summed E-state index contributed by atoms with van der Waals surface area (Å²) < 4.78 is 15.4. The van der Waals surface area contributed by atoms with Crippen LogP contribution in [0.2, 0.25) is 0 Å². The molecule has 1 aliphatic carbocycles. The number of aliphatic hydroxyl groups is 1. The van der Waals surface area contributed by atoms with Gasteiger partial charge >= 0.3 is 5.97 Å². The lowest BCUT2D eigenvalue weighted by Gasteiger charge is -2.32. The minimum absolute atomic E-state index is 0.440. The van der Waals surface area contributed by atoms with Gasteiger partial charge in [-0.1, -0.05) is 6.08 Å². The van der Waals surface area contributed by atoms with Crippen molar-refractivity contribution in [1.82, 2.24) is 0 Å². The number of ether oxygens (including phenoxy) is 3. The predicted molar refractivity (Wildman–Crippen MR) is 87.0 cm³/mol. The number of aliphatic hydroxyl groups excluding tert-OH is 1. The maximum atomic E-state index is 11.5. The van der Waals surface area contributed by atoms with E-state index in [0.717, 1.165) is 24.0 Å². The van der Waals surface area contributed by atoms with Crippen LogP contribution in [0.1, 0.15) is 30.9 Å². The number of aryl methyl sites for hydroxylation is 1. The number of fused-ring (bicyclic) bond motifs is 1. The SMILES string of the molecule is COC(=O)/C=C/[C@@]1(C)c2cc(OC)c(OC)cc2CCC[C@@H]1O. The Morgan fingerprint density at radius 1 is 1.26 bits per heavy atom. The predicted octanol–water partition coefficient (Wildman–Crippen LogP) is 2.39. The van der Waals surface area contributed by atoms with Crippen LogP contribution in [-0.4, -0.2) is 38.5 Å². The first-order chi connectivity index (χ1) is 11.0. The van der Waals surface area contributed by atoms with Crippen LogP contribution in [0.15, 0.2) is 24.3 Å². The third-order valence-corrected chi connectivity index (χ3v) is 4.57. The van der Waals surface area contributed by atoms with Crippen molar-refractivity contribution in [3.63, 3.8) is 0 Å². The Bertz CT molecular complexity index is 608. The van der Waals surface area contributed by atoms with Crippen LogP contribution in [0.5, 0.6) is 11.5 Å². The van der Waals surface area contributed by atoms with Crippen molar-refractivity contribution < 1.29 is 24.1 Å². The van der Waals surface area contributed by atoms with Crippen LogP contribution in [0.3, 0.4) is 0 Å². The maximum absolute atomic E-state index is 11.5. The zero-order valence-corrected chi connectivity index (χ0v) is 14.1.